The minimum Gasteiger partial charge on any atom is -0.503 e. The summed E-state index contributed by atoms with van der Waals surface area (Å²) in [6.07, 6.45) is 3.03. The Morgan fingerprint density at radius 2 is 2.16 bits per heavy atom. The van der Waals surface area contributed by atoms with Crippen LogP contribution in [0, 0.1) is 0 Å². The summed E-state index contributed by atoms with van der Waals surface area (Å²) in [7, 11) is 1.51. The van der Waals surface area contributed by atoms with Crippen LogP contribution in [0.2, 0.25) is 0 Å². The molecule has 0 radical (unpaired) electrons. The lowest BCUT2D eigenvalue weighted by Gasteiger charge is -2.27. The van der Waals surface area contributed by atoms with E-state index in [1.54, 1.807) is 36.4 Å². The predicted molar refractivity (Wildman–Crippen MR) is 109 cm³/mol. The van der Waals surface area contributed by atoms with E-state index >= 15 is 0 Å². The maximum atomic E-state index is 13.5. The number of hydrogen-bond donors (Lipinski definition) is 1. The van der Waals surface area contributed by atoms with Crippen molar-refractivity contribution in [3.05, 3.63) is 65.5 Å². The van der Waals surface area contributed by atoms with Gasteiger partial charge in [-0.3, -0.25) is 9.59 Å². The van der Waals surface area contributed by atoms with Crippen molar-refractivity contribution in [2.45, 2.75) is 25.0 Å². The van der Waals surface area contributed by atoms with Crippen LogP contribution in [0.1, 0.15) is 35.2 Å². The summed E-state index contributed by atoms with van der Waals surface area (Å²) in [6.45, 7) is 0.878. The molecule has 0 spiro atoms. The fourth-order valence-corrected chi connectivity index (χ4v) is 4.27. The van der Waals surface area contributed by atoms with Gasteiger partial charge in [-0.1, -0.05) is 12.1 Å². The fourth-order valence-electron chi connectivity index (χ4n) is 4.27. The van der Waals surface area contributed by atoms with Crippen molar-refractivity contribution in [3.63, 3.8) is 0 Å². The first-order valence-corrected chi connectivity index (χ1v) is 10.1. The number of aliphatic hydroxyl groups is 1. The van der Waals surface area contributed by atoms with Gasteiger partial charge in [0.05, 0.1) is 25.1 Å². The Balaban J connectivity index is 1.55. The Morgan fingerprint density at radius 3 is 2.87 bits per heavy atom. The van der Waals surface area contributed by atoms with Gasteiger partial charge in [-0.2, -0.15) is 0 Å². The van der Waals surface area contributed by atoms with Gasteiger partial charge in [-0.05, 0) is 37.1 Å². The zero-order valence-corrected chi connectivity index (χ0v) is 16.9. The van der Waals surface area contributed by atoms with E-state index in [9.17, 15) is 14.7 Å². The molecule has 0 saturated carbocycles. The maximum absolute atomic E-state index is 13.5. The number of carbonyl (C=O) groups excluding carboxylic acids is 2. The minimum absolute atomic E-state index is 0.00405. The third kappa shape index (κ3) is 3.19. The summed E-state index contributed by atoms with van der Waals surface area (Å²) in [5, 5.41) is 11.4. The van der Waals surface area contributed by atoms with Crippen LogP contribution in [0.15, 0.2) is 62.8 Å². The first kappa shape index (κ1) is 19.4. The number of nitrogens with zero attached hydrogens (tertiary/aromatic N) is 1. The molecule has 0 aliphatic carbocycles. The molecule has 1 amide bonds. The molecule has 2 unspecified atom stereocenters. The van der Waals surface area contributed by atoms with E-state index in [2.05, 4.69) is 0 Å². The maximum Gasteiger partial charge on any atom is 0.290 e. The highest BCUT2D eigenvalue weighted by Crippen LogP contribution is 2.41. The molecular weight excluding hydrogens is 402 g/mol. The van der Waals surface area contributed by atoms with E-state index in [1.165, 1.54) is 18.3 Å². The van der Waals surface area contributed by atoms with Crippen molar-refractivity contribution < 1.29 is 33.0 Å². The highest BCUT2D eigenvalue weighted by atomic mass is 16.5. The van der Waals surface area contributed by atoms with Crippen LogP contribution in [0.5, 0.6) is 5.75 Å². The zero-order valence-electron chi connectivity index (χ0n) is 16.9. The van der Waals surface area contributed by atoms with Crippen molar-refractivity contribution >= 4 is 22.7 Å². The molecule has 1 aromatic carbocycles. The van der Waals surface area contributed by atoms with Gasteiger partial charge in [0.2, 0.25) is 5.78 Å². The third-order valence-electron chi connectivity index (χ3n) is 5.74. The second kappa shape index (κ2) is 7.63. The monoisotopic (exact) mass is 423 g/mol. The number of para-hydroxylation sites is 1. The van der Waals surface area contributed by atoms with Gasteiger partial charge in [0.15, 0.2) is 22.9 Å². The molecule has 1 saturated heterocycles. The Bertz CT molecular complexity index is 1170. The summed E-state index contributed by atoms with van der Waals surface area (Å²) in [5.41, 5.74) is 0.347. The number of ketones is 1. The molecule has 2 aliphatic rings. The third-order valence-corrected chi connectivity index (χ3v) is 5.74. The van der Waals surface area contributed by atoms with Crippen LogP contribution in [-0.4, -0.2) is 48.1 Å². The zero-order chi connectivity index (χ0) is 21.5. The molecule has 2 atom stereocenters. The molecule has 160 valence electrons. The predicted octanol–water partition coefficient (Wildman–Crippen LogP) is 3.79. The Hall–Kier alpha value is -3.52. The quantitative estimate of drug-likeness (QED) is 0.602. The average molecular weight is 423 g/mol. The van der Waals surface area contributed by atoms with Gasteiger partial charge in [0, 0.05) is 18.5 Å². The van der Waals surface area contributed by atoms with Gasteiger partial charge in [-0.25, -0.2) is 0 Å². The van der Waals surface area contributed by atoms with Crippen molar-refractivity contribution in [1.29, 1.82) is 0 Å². The van der Waals surface area contributed by atoms with Gasteiger partial charge in [-0.15, -0.1) is 0 Å². The average Bonchev–Trinajstić information content (AvgIpc) is 3.57. The van der Waals surface area contributed by atoms with Gasteiger partial charge >= 0.3 is 0 Å². The molecular formula is C23H21NO7. The fraction of sp³-hybridized carbons (Fsp3) is 0.304. The number of aliphatic hydroxyl groups excluding tert-OH is 1. The smallest absolute Gasteiger partial charge is 0.290 e. The first-order chi connectivity index (χ1) is 15.1. The highest BCUT2D eigenvalue weighted by molar-refractivity contribution is 6.16. The largest absolute Gasteiger partial charge is 0.503 e. The Kier molecular flexibility index (Phi) is 4.78. The lowest BCUT2D eigenvalue weighted by Crippen LogP contribution is -2.37. The number of methoxy groups -OCH3 is 1. The standard InChI is InChI=1S/C23H21NO7/c1-28-16-7-2-5-13-11-17(31-22(13)16)20(25)18-19(15-8-4-10-30-15)24(23(27)21(18)26)12-14-6-3-9-29-14/h2,4-5,7-8,10-11,14,19,26H,3,6,9,12H2,1H3. The first-order valence-electron chi connectivity index (χ1n) is 10.1. The summed E-state index contributed by atoms with van der Waals surface area (Å²) in [6, 6.07) is 9.36. The SMILES string of the molecule is COc1cccc2cc(C(=O)C3=C(O)C(=O)N(CC4CCCO4)C3c3ccco3)oc12. The van der Waals surface area contributed by atoms with Crippen LogP contribution in [0.3, 0.4) is 0 Å². The van der Waals surface area contributed by atoms with Crippen LogP contribution < -0.4 is 4.74 Å². The normalized spacial score (nSPS) is 21.5. The number of rotatable bonds is 6. The van der Waals surface area contributed by atoms with Gasteiger partial charge < -0.3 is 28.3 Å². The molecule has 3 aromatic rings. The van der Waals surface area contributed by atoms with E-state index in [0.717, 1.165) is 12.8 Å². The number of carbonyl (C=O) groups is 2. The molecule has 0 bridgehead atoms. The van der Waals surface area contributed by atoms with E-state index < -0.39 is 23.5 Å². The minimum atomic E-state index is -0.866. The summed E-state index contributed by atoms with van der Waals surface area (Å²) < 4.78 is 22.3. The molecule has 2 aliphatic heterocycles. The summed E-state index contributed by atoms with van der Waals surface area (Å²) >= 11 is 0. The van der Waals surface area contributed by atoms with Crippen LogP contribution in [-0.2, 0) is 9.53 Å². The number of furan rings is 2. The Labute approximate surface area is 177 Å². The number of benzene rings is 1. The van der Waals surface area contributed by atoms with E-state index in [1.807, 2.05) is 0 Å². The molecule has 5 rings (SSSR count). The van der Waals surface area contributed by atoms with E-state index in [4.69, 9.17) is 18.3 Å². The second-order valence-electron chi connectivity index (χ2n) is 7.59. The van der Waals surface area contributed by atoms with Crippen molar-refractivity contribution in [2.75, 3.05) is 20.3 Å². The van der Waals surface area contributed by atoms with Crippen molar-refractivity contribution in [2.24, 2.45) is 0 Å². The molecule has 1 N–H and O–H groups in total. The summed E-state index contributed by atoms with van der Waals surface area (Å²) in [5.74, 6) is -0.942. The van der Waals surface area contributed by atoms with E-state index in [-0.39, 0.29) is 24.0 Å². The number of hydrogen-bond acceptors (Lipinski definition) is 7. The molecule has 2 aromatic heterocycles. The number of fused-ring (bicyclic) bond motifs is 1. The van der Waals surface area contributed by atoms with Crippen LogP contribution in [0.4, 0.5) is 0 Å². The Morgan fingerprint density at radius 1 is 1.29 bits per heavy atom. The molecule has 4 heterocycles. The van der Waals surface area contributed by atoms with Gasteiger partial charge in [0.25, 0.3) is 5.91 Å². The second-order valence-corrected chi connectivity index (χ2v) is 7.59. The molecule has 31 heavy (non-hydrogen) atoms. The molecule has 8 heteroatoms. The van der Waals surface area contributed by atoms with Crippen molar-refractivity contribution in [3.8, 4) is 5.75 Å². The number of Topliss-reactive ketones (excluding diaryl/α,β-unsaturated/α-hetero) is 1. The molecule has 8 nitrogen and oxygen atoms in total. The highest BCUT2D eigenvalue weighted by Gasteiger charge is 2.46. The van der Waals surface area contributed by atoms with Crippen LogP contribution >= 0.6 is 0 Å². The lowest BCUT2D eigenvalue weighted by atomic mass is 9.99. The van der Waals surface area contributed by atoms with Gasteiger partial charge in [0.1, 0.15) is 11.8 Å². The lowest BCUT2D eigenvalue weighted by molar-refractivity contribution is -0.131. The number of ether oxygens (including phenoxy) is 2. The number of amides is 1. The van der Waals surface area contributed by atoms with Crippen LogP contribution in [0.25, 0.3) is 11.0 Å². The van der Waals surface area contributed by atoms with E-state index in [0.29, 0.717) is 29.1 Å². The summed E-state index contributed by atoms with van der Waals surface area (Å²) in [4.78, 5) is 27.8. The topological polar surface area (TPSA) is 102 Å². The molecule has 1 fully saturated rings. The van der Waals surface area contributed by atoms with Crippen molar-refractivity contribution in [1.82, 2.24) is 4.90 Å².